The molecule has 1 amide bonds. The quantitative estimate of drug-likeness (QED) is 0.678. The Morgan fingerprint density at radius 1 is 0.962 bits per heavy atom. The molecule has 3 aromatic rings. The van der Waals surface area contributed by atoms with Crippen molar-refractivity contribution in [2.45, 2.75) is 20.8 Å². The van der Waals surface area contributed by atoms with E-state index in [-0.39, 0.29) is 5.91 Å². The minimum Gasteiger partial charge on any atom is -0.340 e. The van der Waals surface area contributed by atoms with Gasteiger partial charge in [-0.15, -0.1) is 0 Å². The summed E-state index contributed by atoms with van der Waals surface area (Å²) in [5.41, 5.74) is 3.98. The lowest BCUT2D eigenvalue weighted by atomic mass is 10.1. The van der Waals surface area contributed by atoms with E-state index < -0.39 is 0 Å². The molecular weight excluding hydrogens is 348 g/mol. The third-order valence-corrected chi connectivity index (χ3v) is 4.08. The van der Waals surface area contributed by atoms with Gasteiger partial charge in [0.15, 0.2) is 0 Å². The number of benzene rings is 2. The highest BCUT2D eigenvalue weighted by Crippen LogP contribution is 2.20. The highest BCUT2D eigenvalue weighted by atomic mass is 35.5. The summed E-state index contributed by atoms with van der Waals surface area (Å²) in [6, 6.07) is 14.8. The standard InChI is InChI=1S/C20H19ClN4O/c1-12-4-5-13(2)17(10-12)25-20(26)18-11-19(23-14(3)22-18)24-16-8-6-15(21)7-9-16/h4-11H,1-3H3,(H,25,26)(H,22,23,24). The molecule has 3 rings (SSSR count). The van der Waals surface area contributed by atoms with Crippen LogP contribution < -0.4 is 10.6 Å². The van der Waals surface area contributed by atoms with E-state index >= 15 is 0 Å². The smallest absolute Gasteiger partial charge is 0.274 e. The number of rotatable bonds is 4. The van der Waals surface area contributed by atoms with Gasteiger partial charge in [0.1, 0.15) is 17.3 Å². The number of carbonyl (C=O) groups excluding carboxylic acids is 1. The van der Waals surface area contributed by atoms with Crippen molar-refractivity contribution in [2.75, 3.05) is 10.6 Å². The van der Waals surface area contributed by atoms with Gasteiger partial charge in [0, 0.05) is 22.5 Å². The zero-order valence-corrected chi connectivity index (χ0v) is 15.6. The fraction of sp³-hybridized carbons (Fsp3) is 0.150. The predicted octanol–water partition coefficient (Wildman–Crippen LogP) is 5.05. The van der Waals surface area contributed by atoms with Crippen molar-refractivity contribution in [3.63, 3.8) is 0 Å². The van der Waals surface area contributed by atoms with Gasteiger partial charge in [0.2, 0.25) is 0 Å². The van der Waals surface area contributed by atoms with Gasteiger partial charge in [-0.05, 0) is 62.2 Å². The SMILES string of the molecule is Cc1ccc(C)c(NC(=O)c2cc(Nc3ccc(Cl)cc3)nc(C)n2)c1. The second-order valence-electron chi connectivity index (χ2n) is 6.09. The highest BCUT2D eigenvalue weighted by Gasteiger charge is 2.12. The van der Waals surface area contributed by atoms with Crippen molar-refractivity contribution in [3.8, 4) is 0 Å². The molecule has 0 radical (unpaired) electrons. The Kier molecular flexibility index (Phi) is 5.19. The van der Waals surface area contributed by atoms with Gasteiger partial charge in [0.25, 0.3) is 5.91 Å². The largest absolute Gasteiger partial charge is 0.340 e. The second kappa shape index (κ2) is 7.54. The maximum absolute atomic E-state index is 12.6. The van der Waals surface area contributed by atoms with Gasteiger partial charge in [-0.2, -0.15) is 0 Å². The van der Waals surface area contributed by atoms with Gasteiger partial charge < -0.3 is 10.6 Å². The Morgan fingerprint density at radius 2 is 1.69 bits per heavy atom. The first-order valence-corrected chi connectivity index (χ1v) is 8.55. The molecule has 0 aliphatic rings. The number of hydrogen-bond donors (Lipinski definition) is 2. The van der Waals surface area contributed by atoms with Crippen LogP contribution in [-0.2, 0) is 0 Å². The Balaban J connectivity index is 1.83. The van der Waals surface area contributed by atoms with Crippen LogP contribution in [0.3, 0.4) is 0 Å². The number of aryl methyl sites for hydroxylation is 3. The number of hydrogen-bond acceptors (Lipinski definition) is 4. The molecule has 6 heteroatoms. The fourth-order valence-corrected chi connectivity index (χ4v) is 2.61. The van der Waals surface area contributed by atoms with Crippen LogP contribution in [0.25, 0.3) is 0 Å². The van der Waals surface area contributed by atoms with Crippen molar-refractivity contribution >= 4 is 34.7 Å². The summed E-state index contributed by atoms with van der Waals surface area (Å²) >= 11 is 5.90. The maximum atomic E-state index is 12.6. The molecule has 2 aromatic carbocycles. The molecular formula is C20H19ClN4O. The van der Waals surface area contributed by atoms with Crippen LogP contribution in [0.2, 0.25) is 5.02 Å². The van der Waals surface area contributed by atoms with Gasteiger partial charge in [-0.1, -0.05) is 23.7 Å². The molecule has 0 bridgehead atoms. The van der Waals surface area contributed by atoms with Crippen LogP contribution in [0.1, 0.15) is 27.4 Å². The first kappa shape index (κ1) is 17.9. The van der Waals surface area contributed by atoms with E-state index in [1.807, 2.05) is 44.2 Å². The van der Waals surface area contributed by atoms with Crippen LogP contribution in [0.15, 0.2) is 48.5 Å². The molecule has 0 atom stereocenters. The summed E-state index contributed by atoms with van der Waals surface area (Å²) in [6.07, 6.45) is 0. The molecule has 132 valence electrons. The molecule has 0 saturated heterocycles. The van der Waals surface area contributed by atoms with E-state index in [2.05, 4.69) is 20.6 Å². The van der Waals surface area contributed by atoms with Gasteiger partial charge in [-0.3, -0.25) is 4.79 Å². The third kappa shape index (κ3) is 4.37. The molecule has 26 heavy (non-hydrogen) atoms. The number of aromatic nitrogens is 2. The monoisotopic (exact) mass is 366 g/mol. The summed E-state index contributed by atoms with van der Waals surface area (Å²) in [4.78, 5) is 21.2. The maximum Gasteiger partial charge on any atom is 0.274 e. The summed E-state index contributed by atoms with van der Waals surface area (Å²) in [6.45, 7) is 5.69. The van der Waals surface area contributed by atoms with Crippen molar-refractivity contribution in [1.29, 1.82) is 0 Å². The average molecular weight is 367 g/mol. The molecule has 0 unspecified atom stereocenters. The predicted molar refractivity (Wildman–Crippen MR) is 105 cm³/mol. The molecule has 0 fully saturated rings. The van der Waals surface area contributed by atoms with E-state index in [0.29, 0.717) is 22.4 Å². The second-order valence-corrected chi connectivity index (χ2v) is 6.53. The van der Waals surface area contributed by atoms with Crippen LogP contribution in [0.5, 0.6) is 0 Å². The van der Waals surface area contributed by atoms with E-state index in [0.717, 1.165) is 22.5 Å². The summed E-state index contributed by atoms with van der Waals surface area (Å²) in [7, 11) is 0. The Morgan fingerprint density at radius 3 is 2.42 bits per heavy atom. The summed E-state index contributed by atoms with van der Waals surface area (Å²) < 4.78 is 0. The molecule has 5 nitrogen and oxygen atoms in total. The zero-order chi connectivity index (χ0) is 18.7. The first-order chi connectivity index (χ1) is 12.4. The molecule has 0 aliphatic carbocycles. The van der Waals surface area contributed by atoms with Crippen LogP contribution >= 0.6 is 11.6 Å². The van der Waals surface area contributed by atoms with Gasteiger partial charge in [-0.25, -0.2) is 9.97 Å². The first-order valence-electron chi connectivity index (χ1n) is 8.17. The third-order valence-electron chi connectivity index (χ3n) is 3.83. The number of nitrogens with one attached hydrogen (secondary N) is 2. The topological polar surface area (TPSA) is 66.9 Å². The molecule has 0 aliphatic heterocycles. The molecule has 2 N–H and O–H groups in total. The molecule has 1 heterocycles. The number of nitrogens with zero attached hydrogens (tertiary/aromatic N) is 2. The Labute approximate surface area is 157 Å². The minimum absolute atomic E-state index is 0.275. The zero-order valence-electron chi connectivity index (χ0n) is 14.8. The van der Waals surface area contributed by atoms with E-state index in [1.165, 1.54) is 0 Å². The number of amides is 1. The fourth-order valence-electron chi connectivity index (χ4n) is 2.49. The molecule has 0 saturated carbocycles. The van der Waals surface area contributed by atoms with E-state index in [9.17, 15) is 4.79 Å². The lowest BCUT2D eigenvalue weighted by molar-refractivity contribution is 0.102. The number of carbonyl (C=O) groups is 1. The van der Waals surface area contributed by atoms with E-state index in [4.69, 9.17) is 11.6 Å². The number of halogens is 1. The van der Waals surface area contributed by atoms with Crippen molar-refractivity contribution in [3.05, 3.63) is 76.2 Å². The van der Waals surface area contributed by atoms with Crippen LogP contribution in [-0.4, -0.2) is 15.9 Å². The van der Waals surface area contributed by atoms with Crippen molar-refractivity contribution in [1.82, 2.24) is 9.97 Å². The molecule has 1 aromatic heterocycles. The molecule has 0 spiro atoms. The van der Waals surface area contributed by atoms with Crippen LogP contribution in [0.4, 0.5) is 17.2 Å². The Hall–Kier alpha value is -2.92. The average Bonchev–Trinajstić information content (AvgIpc) is 2.59. The lowest BCUT2D eigenvalue weighted by Gasteiger charge is -2.11. The van der Waals surface area contributed by atoms with E-state index in [1.54, 1.807) is 25.1 Å². The van der Waals surface area contributed by atoms with Crippen LogP contribution in [0, 0.1) is 20.8 Å². The summed E-state index contributed by atoms with van der Waals surface area (Å²) in [5.74, 6) is 0.782. The lowest BCUT2D eigenvalue weighted by Crippen LogP contribution is -2.16. The number of anilines is 3. The normalized spacial score (nSPS) is 10.5. The van der Waals surface area contributed by atoms with Gasteiger partial charge >= 0.3 is 0 Å². The summed E-state index contributed by atoms with van der Waals surface area (Å²) in [5, 5.41) is 6.74. The van der Waals surface area contributed by atoms with Crippen molar-refractivity contribution < 1.29 is 4.79 Å². The minimum atomic E-state index is -0.275. The van der Waals surface area contributed by atoms with Crippen molar-refractivity contribution in [2.24, 2.45) is 0 Å². The Bertz CT molecular complexity index is 955. The highest BCUT2D eigenvalue weighted by molar-refractivity contribution is 6.30. The van der Waals surface area contributed by atoms with Gasteiger partial charge in [0.05, 0.1) is 0 Å².